The van der Waals surface area contributed by atoms with Gasteiger partial charge in [-0.2, -0.15) is 5.26 Å². The normalized spacial score (nSPS) is 24.3. The first kappa shape index (κ1) is 10.1. The van der Waals surface area contributed by atoms with E-state index >= 15 is 0 Å². The Kier molecular flexibility index (Phi) is 2.98. The van der Waals surface area contributed by atoms with Crippen LogP contribution in [0, 0.1) is 17.2 Å². The third kappa shape index (κ3) is 2.34. The number of nitrogens with zero attached hydrogens (tertiary/aromatic N) is 2. The first-order valence-corrected chi connectivity index (χ1v) is 5.37. The average Bonchev–Trinajstić information content (AvgIpc) is 2.23. The van der Waals surface area contributed by atoms with Gasteiger partial charge in [-0.3, -0.25) is 0 Å². The minimum Gasteiger partial charge on any atom is -0.310 e. The molecule has 1 heterocycles. The van der Waals surface area contributed by atoms with Crippen LogP contribution in [0.5, 0.6) is 0 Å². The fraction of sp³-hybridized carbons (Fsp3) is 0.500. The molecule has 0 unspecified atom stereocenters. The molecule has 1 fully saturated rings. The van der Waals surface area contributed by atoms with Gasteiger partial charge in [0, 0.05) is 24.3 Å². The molecule has 0 aromatic carbocycles. The average molecular weight is 201 g/mol. The van der Waals surface area contributed by atoms with Crippen LogP contribution in [-0.4, -0.2) is 11.0 Å². The third-order valence-electron chi connectivity index (χ3n) is 2.95. The highest BCUT2D eigenvalue weighted by atomic mass is 14.9. The number of pyridine rings is 1. The Morgan fingerprint density at radius 3 is 3.07 bits per heavy atom. The van der Waals surface area contributed by atoms with Crippen LogP contribution in [-0.2, 0) is 6.54 Å². The molecule has 1 saturated carbocycles. The lowest BCUT2D eigenvalue weighted by molar-refractivity contribution is 0.240. The first-order chi connectivity index (χ1) is 7.29. The van der Waals surface area contributed by atoms with Crippen LogP contribution in [0.15, 0.2) is 18.3 Å². The molecule has 2 rings (SSSR count). The first-order valence-electron chi connectivity index (χ1n) is 5.37. The quantitative estimate of drug-likeness (QED) is 0.811. The highest BCUT2D eigenvalue weighted by molar-refractivity contribution is 5.30. The lowest BCUT2D eigenvalue weighted by Crippen LogP contribution is -2.39. The number of aromatic nitrogens is 1. The Bertz CT molecular complexity index is 375. The summed E-state index contributed by atoms with van der Waals surface area (Å²) in [5.41, 5.74) is 1.54. The van der Waals surface area contributed by atoms with E-state index in [1.54, 1.807) is 6.20 Å². The van der Waals surface area contributed by atoms with Gasteiger partial charge in [0.2, 0.25) is 0 Å². The van der Waals surface area contributed by atoms with E-state index in [1.165, 1.54) is 12.8 Å². The fourth-order valence-electron chi connectivity index (χ4n) is 2.01. The summed E-state index contributed by atoms with van der Waals surface area (Å²) >= 11 is 0. The predicted octanol–water partition coefficient (Wildman–Crippen LogP) is 1.84. The molecule has 15 heavy (non-hydrogen) atoms. The second-order valence-electron chi connectivity index (χ2n) is 4.28. The predicted molar refractivity (Wildman–Crippen MR) is 58.0 cm³/mol. The summed E-state index contributed by atoms with van der Waals surface area (Å²) in [5.74, 6) is 0.854. The second-order valence-corrected chi connectivity index (χ2v) is 4.28. The summed E-state index contributed by atoms with van der Waals surface area (Å²) in [6.45, 7) is 3.02. The summed E-state index contributed by atoms with van der Waals surface area (Å²) in [5, 5.41) is 12.3. The topological polar surface area (TPSA) is 48.7 Å². The van der Waals surface area contributed by atoms with Crippen LogP contribution in [0.3, 0.4) is 0 Å². The molecule has 1 aliphatic rings. The maximum Gasteiger partial charge on any atom is 0.144 e. The van der Waals surface area contributed by atoms with E-state index in [0.29, 0.717) is 11.7 Å². The van der Waals surface area contributed by atoms with E-state index in [0.717, 1.165) is 18.0 Å². The fourth-order valence-corrected chi connectivity index (χ4v) is 2.01. The molecule has 1 N–H and O–H groups in total. The molecule has 0 spiro atoms. The molecule has 1 aromatic rings. The zero-order valence-electron chi connectivity index (χ0n) is 8.90. The van der Waals surface area contributed by atoms with Gasteiger partial charge in [-0.05, 0) is 24.8 Å². The van der Waals surface area contributed by atoms with Crippen LogP contribution in [0.1, 0.15) is 31.0 Å². The van der Waals surface area contributed by atoms with Crippen molar-refractivity contribution in [1.29, 1.82) is 5.26 Å². The molecule has 0 saturated heterocycles. The largest absolute Gasteiger partial charge is 0.310 e. The maximum atomic E-state index is 8.86. The van der Waals surface area contributed by atoms with Crippen molar-refractivity contribution in [1.82, 2.24) is 10.3 Å². The summed E-state index contributed by atoms with van der Waals surface area (Å²) in [7, 11) is 0. The van der Waals surface area contributed by atoms with Crippen molar-refractivity contribution in [2.75, 3.05) is 0 Å². The van der Waals surface area contributed by atoms with Crippen LogP contribution in [0.25, 0.3) is 0 Å². The van der Waals surface area contributed by atoms with Crippen LogP contribution in [0.4, 0.5) is 0 Å². The Morgan fingerprint density at radius 1 is 1.60 bits per heavy atom. The van der Waals surface area contributed by atoms with Gasteiger partial charge in [0.15, 0.2) is 0 Å². The van der Waals surface area contributed by atoms with Gasteiger partial charge >= 0.3 is 0 Å². The highest BCUT2D eigenvalue weighted by Crippen LogP contribution is 2.26. The van der Waals surface area contributed by atoms with E-state index < -0.39 is 0 Å². The van der Waals surface area contributed by atoms with E-state index in [-0.39, 0.29) is 0 Å². The van der Waals surface area contributed by atoms with Gasteiger partial charge in [0.25, 0.3) is 0 Å². The second kappa shape index (κ2) is 4.41. The molecular formula is C12H15N3. The summed E-state index contributed by atoms with van der Waals surface area (Å²) in [4.78, 5) is 4.03. The summed E-state index contributed by atoms with van der Waals surface area (Å²) in [6.07, 6.45) is 4.16. The van der Waals surface area contributed by atoms with Crippen molar-refractivity contribution in [2.45, 2.75) is 32.4 Å². The molecule has 3 nitrogen and oxygen atoms in total. The van der Waals surface area contributed by atoms with Crippen molar-refractivity contribution < 1.29 is 0 Å². The molecule has 3 heteroatoms. The zero-order valence-corrected chi connectivity index (χ0v) is 8.90. The Morgan fingerprint density at radius 2 is 2.40 bits per heavy atom. The molecule has 0 aliphatic heterocycles. The van der Waals surface area contributed by atoms with E-state index in [9.17, 15) is 0 Å². The van der Waals surface area contributed by atoms with E-state index in [1.807, 2.05) is 12.1 Å². The van der Waals surface area contributed by atoms with Crippen LogP contribution >= 0.6 is 0 Å². The van der Waals surface area contributed by atoms with Crippen molar-refractivity contribution in [3.63, 3.8) is 0 Å². The van der Waals surface area contributed by atoms with Gasteiger partial charge in [-0.15, -0.1) is 0 Å². The van der Waals surface area contributed by atoms with Crippen molar-refractivity contribution in [2.24, 2.45) is 5.92 Å². The minimum absolute atomic E-state index is 0.539. The number of hydrogen-bond acceptors (Lipinski definition) is 3. The van der Waals surface area contributed by atoms with Crippen molar-refractivity contribution in [3.05, 3.63) is 29.6 Å². The lowest BCUT2D eigenvalue weighted by Gasteiger charge is -2.33. The number of hydrogen-bond donors (Lipinski definition) is 1. The van der Waals surface area contributed by atoms with Crippen LogP contribution < -0.4 is 5.32 Å². The number of nitrogens with one attached hydrogen (secondary N) is 1. The maximum absolute atomic E-state index is 8.86. The number of nitriles is 1. The molecule has 0 atom stereocenters. The molecule has 1 aliphatic carbocycles. The van der Waals surface area contributed by atoms with Gasteiger partial charge in [0.05, 0.1) is 0 Å². The van der Waals surface area contributed by atoms with Crippen LogP contribution in [0.2, 0.25) is 0 Å². The summed E-state index contributed by atoms with van der Waals surface area (Å²) < 4.78 is 0. The number of rotatable bonds is 3. The molecule has 0 amide bonds. The highest BCUT2D eigenvalue weighted by Gasteiger charge is 2.24. The zero-order chi connectivity index (χ0) is 10.7. The van der Waals surface area contributed by atoms with Gasteiger partial charge in [-0.1, -0.05) is 13.0 Å². The third-order valence-corrected chi connectivity index (χ3v) is 2.95. The molecule has 0 radical (unpaired) electrons. The standard InChI is InChI=1S/C12H15N3/c1-9-5-11(6-9)15-8-10-3-2-4-14-12(10)7-13/h2-4,9,11,15H,5-6,8H2,1H3. The minimum atomic E-state index is 0.539. The SMILES string of the molecule is CC1CC(NCc2cccnc2C#N)C1. The van der Waals surface area contributed by atoms with Gasteiger partial charge in [0.1, 0.15) is 11.8 Å². The Labute approximate surface area is 90.1 Å². The van der Waals surface area contributed by atoms with Crippen molar-refractivity contribution in [3.8, 4) is 6.07 Å². The summed E-state index contributed by atoms with van der Waals surface area (Å²) in [6, 6.07) is 6.58. The van der Waals surface area contributed by atoms with Crippen molar-refractivity contribution >= 4 is 0 Å². The van der Waals surface area contributed by atoms with Gasteiger partial charge < -0.3 is 5.32 Å². The molecule has 1 aromatic heterocycles. The molecule has 0 bridgehead atoms. The van der Waals surface area contributed by atoms with E-state index in [4.69, 9.17) is 5.26 Å². The molecule has 78 valence electrons. The van der Waals surface area contributed by atoms with Gasteiger partial charge in [-0.25, -0.2) is 4.98 Å². The molecular weight excluding hydrogens is 186 g/mol. The monoisotopic (exact) mass is 201 g/mol. The Hall–Kier alpha value is -1.40. The Balaban J connectivity index is 1.91. The van der Waals surface area contributed by atoms with E-state index in [2.05, 4.69) is 23.3 Å². The smallest absolute Gasteiger partial charge is 0.144 e. The lowest BCUT2D eigenvalue weighted by atomic mass is 9.82.